The molecule has 0 saturated carbocycles. The van der Waals surface area contributed by atoms with E-state index in [0.717, 1.165) is 47.7 Å². The Bertz CT molecular complexity index is 581. The summed E-state index contributed by atoms with van der Waals surface area (Å²) < 4.78 is 1.09. The van der Waals surface area contributed by atoms with Crippen molar-refractivity contribution in [1.82, 2.24) is 20.2 Å². The third-order valence-corrected chi connectivity index (χ3v) is 4.08. The summed E-state index contributed by atoms with van der Waals surface area (Å²) >= 11 is 3.50. The Labute approximate surface area is 127 Å². The predicted octanol–water partition coefficient (Wildman–Crippen LogP) is 2.63. The van der Waals surface area contributed by atoms with E-state index in [2.05, 4.69) is 55.2 Å². The van der Waals surface area contributed by atoms with Gasteiger partial charge in [-0.3, -0.25) is 4.90 Å². The zero-order chi connectivity index (χ0) is 13.9. The number of nitrogens with one attached hydrogen (secondary N) is 2. The minimum absolute atomic E-state index is 0.559. The van der Waals surface area contributed by atoms with Gasteiger partial charge in [0.25, 0.3) is 0 Å². The van der Waals surface area contributed by atoms with Gasteiger partial charge in [-0.15, -0.1) is 0 Å². The van der Waals surface area contributed by atoms with E-state index in [1.165, 1.54) is 0 Å². The summed E-state index contributed by atoms with van der Waals surface area (Å²) in [6, 6.07) is 8.82. The van der Waals surface area contributed by atoms with Gasteiger partial charge in [-0.1, -0.05) is 28.1 Å². The topological polar surface area (TPSA) is 44.0 Å². The summed E-state index contributed by atoms with van der Waals surface area (Å²) in [6.07, 6.45) is 1.92. The summed E-state index contributed by atoms with van der Waals surface area (Å²) in [5.41, 5.74) is 2.23. The van der Waals surface area contributed by atoms with Crippen molar-refractivity contribution in [2.75, 3.05) is 19.6 Å². The van der Waals surface area contributed by atoms with Crippen LogP contribution in [-0.4, -0.2) is 40.5 Å². The number of aromatic amines is 1. The van der Waals surface area contributed by atoms with Gasteiger partial charge in [0, 0.05) is 35.7 Å². The average Bonchev–Trinajstić information content (AvgIpc) is 2.87. The van der Waals surface area contributed by atoms with Crippen LogP contribution in [0.4, 0.5) is 0 Å². The fourth-order valence-electron chi connectivity index (χ4n) is 2.61. The molecule has 0 amide bonds. The largest absolute Gasteiger partial charge is 0.341 e. The number of rotatable bonds is 3. The quantitative estimate of drug-likeness (QED) is 0.906. The van der Waals surface area contributed by atoms with Crippen molar-refractivity contribution in [3.05, 3.63) is 40.8 Å². The molecule has 2 heterocycles. The molecule has 0 radical (unpaired) electrons. The van der Waals surface area contributed by atoms with Crippen LogP contribution in [-0.2, 0) is 6.54 Å². The minimum atomic E-state index is 0.559. The molecular weight excluding hydrogens is 316 g/mol. The minimum Gasteiger partial charge on any atom is -0.341 e. The Balaban J connectivity index is 1.70. The van der Waals surface area contributed by atoms with Crippen molar-refractivity contribution in [3.63, 3.8) is 0 Å². The van der Waals surface area contributed by atoms with Gasteiger partial charge < -0.3 is 10.3 Å². The molecule has 20 heavy (non-hydrogen) atoms. The first-order valence-corrected chi connectivity index (χ1v) is 7.75. The van der Waals surface area contributed by atoms with Crippen LogP contribution in [0.15, 0.2) is 34.9 Å². The van der Waals surface area contributed by atoms with Crippen LogP contribution in [0.1, 0.15) is 12.7 Å². The van der Waals surface area contributed by atoms with Gasteiger partial charge in [-0.25, -0.2) is 4.98 Å². The maximum atomic E-state index is 4.51. The van der Waals surface area contributed by atoms with Crippen LogP contribution < -0.4 is 5.32 Å². The number of nitrogens with zero attached hydrogens (tertiary/aromatic N) is 2. The lowest BCUT2D eigenvalue weighted by Crippen LogP contribution is -2.48. The lowest BCUT2D eigenvalue weighted by atomic mass is 10.2. The summed E-state index contributed by atoms with van der Waals surface area (Å²) in [5.74, 6) is 1.04. The smallest absolute Gasteiger partial charge is 0.120 e. The zero-order valence-corrected chi connectivity index (χ0v) is 13.2. The molecular formula is C15H19BrN4. The number of piperazine rings is 1. The van der Waals surface area contributed by atoms with Crippen molar-refractivity contribution in [1.29, 1.82) is 0 Å². The second-order valence-electron chi connectivity index (χ2n) is 5.34. The molecule has 1 fully saturated rings. The van der Waals surface area contributed by atoms with Crippen LogP contribution in [0.2, 0.25) is 0 Å². The molecule has 1 unspecified atom stereocenters. The monoisotopic (exact) mass is 334 g/mol. The SMILES string of the molecule is CC1CN(Cc2ncc(-c3cccc(Br)c3)[nH]2)CCN1. The molecule has 1 aromatic carbocycles. The Morgan fingerprint density at radius 3 is 3.15 bits per heavy atom. The van der Waals surface area contributed by atoms with Crippen molar-refractivity contribution in [3.8, 4) is 11.3 Å². The fraction of sp³-hybridized carbons (Fsp3) is 0.400. The van der Waals surface area contributed by atoms with Gasteiger partial charge in [-0.2, -0.15) is 0 Å². The standard InChI is InChI=1S/C15H19BrN4/c1-11-9-20(6-5-17-11)10-15-18-8-14(19-15)12-3-2-4-13(16)7-12/h2-4,7-8,11,17H,5-6,9-10H2,1H3,(H,18,19). The Hall–Kier alpha value is -1.17. The number of imidazole rings is 1. The van der Waals surface area contributed by atoms with E-state index in [4.69, 9.17) is 0 Å². The Morgan fingerprint density at radius 1 is 1.45 bits per heavy atom. The van der Waals surface area contributed by atoms with E-state index < -0.39 is 0 Å². The summed E-state index contributed by atoms with van der Waals surface area (Å²) in [7, 11) is 0. The maximum absolute atomic E-state index is 4.51. The van der Waals surface area contributed by atoms with Crippen LogP contribution in [0.25, 0.3) is 11.3 Å². The number of hydrogen-bond donors (Lipinski definition) is 2. The second-order valence-corrected chi connectivity index (χ2v) is 6.26. The molecule has 3 rings (SSSR count). The Kier molecular flexibility index (Phi) is 4.19. The molecule has 106 valence electrons. The maximum Gasteiger partial charge on any atom is 0.120 e. The fourth-order valence-corrected chi connectivity index (χ4v) is 3.01. The highest BCUT2D eigenvalue weighted by molar-refractivity contribution is 9.10. The molecule has 2 aromatic rings. The Morgan fingerprint density at radius 2 is 2.35 bits per heavy atom. The molecule has 1 atom stereocenters. The van der Waals surface area contributed by atoms with Crippen molar-refractivity contribution < 1.29 is 0 Å². The van der Waals surface area contributed by atoms with E-state index >= 15 is 0 Å². The van der Waals surface area contributed by atoms with Crippen molar-refractivity contribution in [2.45, 2.75) is 19.5 Å². The third-order valence-electron chi connectivity index (χ3n) is 3.59. The number of hydrogen-bond acceptors (Lipinski definition) is 3. The van der Waals surface area contributed by atoms with E-state index in [1.807, 2.05) is 18.3 Å². The first-order chi connectivity index (χ1) is 9.70. The van der Waals surface area contributed by atoms with Gasteiger partial charge in [0.15, 0.2) is 0 Å². The molecule has 0 aliphatic carbocycles. The lowest BCUT2D eigenvalue weighted by molar-refractivity contribution is 0.196. The van der Waals surface area contributed by atoms with Gasteiger partial charge in [-0.05, 0) is 19.1 Å². The van der Waals surface area contributed by atoms with Crippen LogP contribution in [0.5, 0.6) is 0 Å². The second kappa shape index (κ2) is 6.08. The number of benzene rings is 1. The van der Waals surface area contributed by atoms with Crippen LogP contribution in [0, 0.1) is 0 Å². The molecule has 5 heteroatoms. The number of H-pyrrole nitrogens is 1. The molecule has 1 aliphatic heterocycles. The zero-order valence-electron chi connectivity index (χ0n) is 11.6. The highest BCUT2D eigenvalue weighted by Gasteiger charge is 2.16. The van der Waals surface area contributed by atoms with Gasteiger partial charge in [0.05, 0.1) is 18.4 Å². The van der Waals surface area contributed by atoms with E-state index in [1.54, 1.807) is 0 Å². The molecule has 0 bridgehead atoms. The first-order valence-electron chi connectivity index (χ1n) is 6.96. The summed E-state index contributed by atoms with van der Waals surface area (Å²) in [4.78, 5) is 10.4. The highest BCUT2D eigenvalue weighted by Crippen LogP contribution is 2.21. The average molecular weight is 335 g/mol. The molecule has 1 aliphatic rings. The number of aromatic nitrogens is 2. The summed E-state index contributed by atoms with van der Waals surface area (Å²) in [6.45, 7) is 6.33. The van der Waals surface area contributed by atoms with Crippen molar-refractivity contribution >= 4 is 15.9 Å². The third kappa shape index (κ3) is 3.29. The lowest BCUT2D eigenvalue weighted by Gasteiger charge is -2.31. The van der Waals surface area contributed by atoms with Crippen LogP contribution >= 0.6 is 15.9 Å². The van der Waals surface area contributed by atoms with Crippen molar-refractivity contribution in [2.24, 2.45) is 0 Å². The van der Waals surface area contributed by atoms with E-state index in [-0.39, 0.29) is 0 Å². The summed E-state index contributed by atoms with van der Waals surface area (Å²) in [5, 5.41) is 3.46. The van der Waals surface area contributed by atoms with E-state index in [0.29, 0.717) is 6.04 Å². The first kappa shape index (κ1) is 13.8. The van der Waals surface area contributed by atoms with Gasteiger partial charge in [0.2, 0.25) is 0 Å². The molecule has 2 N–H and O–H groups in total. The van der Waals surface area contributed by atoms with Crippen LogP contribution in [0.3, 0.4) is 0 Å². The van der Waals surface area contributed by atoms with Gasteiger partial charge in [0.1, 0.15) is 5.82 Å². The van der Waals surface area contributed by atoms with Gasteiger partial charge >= 0.3 is 0 Å². The molecule has 1 aromatic heterocycles. The molecule has 1 saturated heterocycles. The molecule has 4 nitrogen and oxygen atoms in total. The highest BCUT2D eigenvalue weighted by atomic mass is 79.9. The van der Waals surface area contributed by atoms with E-state index in [9.17, 15) is 0 Å². The predicted molar refractivity (Wildman–Crippen MR) is 84.5 cm³/mol. The number of halogens is 1. The normalized spacial score (nSPS) is 20.2. The molecule has 0 spiro atoms.